The zero-order valence-corrected chi connectivity index (χ0v) is 20.5. The zero-order chi connectivity index (χ0) is 25.4. The Bertz CT molecular complexity index is 1200. The summed E-state index contributed by atoms with van der Waals surface area (Å²) < 4.78 is 40.0. The first-order chi connectivity index (χ1) is 16.4. The fraction of sp³-hybridized carbons (Fsp3) is 0.462. The van der Waals surface area contributed by atoms with Crippen LogP contribution in [0.1, 0.15) is 57.5 Å². The number of halogens is 3. The summed E-state index contributed by atoms with van der Waals surface area (Å²) in [7, 11) is 0. The summed E-state index contributed by atoms with van der Waals surface area (Å²) in [6.07, 6.45) is -2.74. The van der Waals surface area contributed by atoms with E-state index in [9.17, 15) is 18.0 Å². The summed E-state index contributed by atoms with van der Waals surface area (Å²) in [6.45, 7) is 9.80. The van der Waals surface area contributed by atoms with Crippen LogP contribution in [-0.4, -0.2) is 29.1 Å². The number of nitrogens with one attached hydrogen (secondary N) is 3. The lowest BCUT2D eigenvalue weighted by molar-refractivity contribution is -0.141. The molecule has 35 heavy (non-hydrogen) atoms. The third-order valence-electron chi connectivity index (χ3n) is 6.49. The molecule has 0 bridgehead atoms. The van der Waals surface area contributed by atoms with E-state index in [4.69, 9.17) is 0 Å². The maximum Gasteiger partial charge on any atom is 0.433 e. The molecular formula is C26H32F3N5O. The number of H-pyrrole nitrogens is 1. The van der Waals surface area contributed by atoms with Gasteiger partial charge in [-0.3, -0.25) is 0 Å². The Morgan fingerprint density at radius 3 is 2.51 bits per heavy atom. The highest BCUT2D eigenvalue weighted by Gasteiger charge is 2.34. The van der Waals surface area contributed by atoms with Gasteiger partial charge in [-0.2, -0.15) is 13.2 Å². The Labute approximate surface area is 203 Å². The molecule has 0 saturated carbocycles. The second-order valence-corrected chi connectivity index (χ2v) is 10.4. The maximum atomic E-state index is 13.3. The predicted octanol–water partition coefficient (Wildman–Crippen LogP) is 6.44. The smallest absolute Gasteiger partial charge is 0.358 e. The Morgan fingerprint density at radius 2 is 1.86 bits per heavy atom. The molecule has 0 aliphatic carbocycles. The molecule has 1 fully saturated rings. The van der Waals surface area contributed by atoms with Gasteiger partial charge in [0.2, 0.25) is 0 Å². The molecule has 1 aromatic carbocycles. The van der Waals surface area contributed by atoms with E-state index in [2.05, 4.69) is 48.3 Å². The number of alkyl halides is 3. The average Bonchev–Trinajstić information content (AvgIpc) is 3.24. The molecule has 2 amide bonds. The normalized spacial score (nSPS) is 15.5. The molecule has 188 valence electrons. The van der Waals surface area contributed by atoms with Gasteiger partial charge >= 0.3 is 12.2 Å². The number of aromatic amines is 1. The summed E-state index contributed by atoms with van der Waals surface area (Å²) in [5.74, 6) is 0.814. The first-order valence-electron chi connectivity index (χ1n) is 11.9. The van der Waals surface area contributed by atoms with E-state index < -0.39 is 17.9 Å². The Kier molecular flexibility index (Phi) is 6.71. The van der Waals surface area contributed by atoms with Crippen molar-refractivity contribution in [3.8, 4) is 0 Å². The minimum absolute atomic E-state index is 0.0642. The number of fused-ring (bicyclic) bond motifs is 1. The quantitative estimate of drug-likeness (QED) is 0.397. The highest BCUT2D eigenvalue weighted by Crippen LogP contribution is 2.33. The summed E-state index contributed by atoms with van der Waals surface area (Å²) in [5.41, 5.74) is 2.18. The largest absolute Gasteiger partial charge is 0.433 e. The average molecular weight is 488 g/mol. The molecule has 4 rings (SSSR count). The van der Waals surface area contributed by atoms with E-state index in [1.165, 1.54) is 6.07 Å². The lowest BCUT2D eigenvalue weighted by atomic mass is 9.92. The summed E-state index contributed by atoms with van der Waals surface area (Å²) in [6, 6.07) is 9.60. The highest BCUT2D eigenvalue weighted by atomic mass is 19.4. The molecule has 0 radical (unpaired) electrons. The van der Waals surface area contributed by atoms with Crippen molar-refractivity contribution in [1.29, 1.82) is 0 Å². The number of carbonyl (C=O) groups is 1. The van der Waals surface area contributed by atoms with Crippen LogP contribution in [0.15, 0.2) is 36.4 Å². The van der Waals surface area contributed by atoms with Crippen molar-refractivity contribution in [1.82, 2.24) is 15.3 Å². The second-order valence-electron chi connectivity index (χ2n) is 10.4. The minimum atomic E-state index is -4.53. The highest BCUT2D eigenvalue weighted by molar-refractivity contribution is 6.01. The number of anilines is 2. The monoisotopic (exact) mass is 487 g/mol. The van der Waals surface area contributed by atoms with E-state index in [0.717, 1.165) is 35.5 Å². The molecule has 0 atom stereocenters. The Morgan fingerprint density at radius 1 is 1.14 bits per heavy atom. The van der Waals surface area contributed by atoms with Crippen molar-refractivity contribution in [3.05, 3.63) is 53.3 Å². The maximum absolute atomic E-state index is 13.3. The zero-order valence-electron chi connectivity index (χ0n) is 20.5. The molecule has 9 heteroatoms. The standard InChI is InChI=1S/C26H32F3N5O/c1-16-10-12-34(13-11-16)23-17(8-9-21(33-23)26(27,28)29)15-30-24(35)32-20-7-5-6-19-18(20)14-22(31-19)25(2,3)4/h5-9,14,16,31H,10-13,15H2,1-4H3,(H2,30,32,35). The summed E-state index contributed by atoms with van der Waals surface area (Å²) >= 11 is 0. The van der Waals surface area contributed by atoms with Crippen molar-refractivity contribution in [2.75, 3.05) is 23.3 Å². The van der Waals surface area contributed by atoms with E-state index >= 15 is 0 Å². The van der Waals surface area contributed by atoms with Gasteiger partial charge in [0.15, 0.2) is 0 Å². The van der Waals surface area contributed by atoms with Crippen molar-refractivity contribution in [2.45, 2.75) is 58.7 Å². The summed E-state index contributed by atoms with van der Waals surface area (Å²) in [5, 5.41) is 6.56. The Balaban J connectivity index is 1.51. The summed E-state index contributed by atoms with van der Waals surface area (Å²) in [4.78, 5) is 22.0. The fourth-order valence-electron chi connectivity index (χ4n) is 4.28. The molecule has 3 N–H and O–H groups in total. The van der Waals surface area contributed by atoms with Crippen LogP contribution in [0.5, 0.6) is 0 Å². The van der Waals surface area contributed by atoms with Crippen LogP contribution in [0.3, 0.4) is 0 Å². The van der Waals surface area contributed by atoms with E-state index in [1.54, 1.807) is 0 Å². The number of urea groups is 1. The molecule has 1 aliphatic rings. The third-order valence-corrected chi connectivity index (χ3v) is 6.49. The van der Waals surface area contributed by atoms with Crippen LogP contribution >= 0.6 is 0 Å². The van der Waals surface area contributed by atoms with E-state index in [0.29, 0.717) is 30.3 Å². The van der Waals surface area contributed by atoms with Gasteiger partial charge in [-0.25, -0.2) is 9.78 Å². The van der Waals surface area contributed by atoms with Crippen molar-refractivity contribution >= 4 is 28.4 Å². The number of rotatable bonds is 4. The van der Waals surface area contributed by atoms with Gasteiger partial charge < -0.3 is 20.5 Å². The number of pyridine rings is 1. The van der Waals surface area contributed by atoms with Gasteiger partial charge in [-0.05, 0) is 43.0 Å². The molecule has 3 heterocycles. The number of benzene rings is 1. The van der Waals surface area contributed by atoms with Crippen molar-refractivity contribution in [3.63, 3.8) is 0 Å². The fourth-order valence-corrected chi connectivity index (χ4v) is 4.28. The van der Waals surface area contributed by atoms with Gasteiger partial charge in [0.25, 0.3) is 0 Å². The van der Waals surface area contributed by atoms with Gasteiger partial charge in [0.05, 0.1) is 5.69 Å². The van der Waals surface area contributed by atoms with Crippen LogP contribution in [-0.2, 0) is 18.1 Å². The topological polar surface area (TPSA) is 73.1 Å². The van der Waals surface area contributed by atoms with Gasteiger partial charge in [0, 0.05) is 47.2 Å². The molecule has 6 nitrogen and oxygen atoms in total. The van der Waals surface area contributed by atoms with Crippen LogP contribution in [0.2, 0.25) is 0 Å². The lowest BCUT2D eigenvalue weighted by Crippen LogP contribution is -2.35. The molecular weight excluding hydrogens is 455 g/mol. The first kappa shape index (κ1) is 24.9. The van der Waals surface area contributed by atoms with Gasteiger partial charge in [-0.15, -0.1) is 0 Å². The van der Waals surface area contributed by atoms with Gasteiger partial charge in [0.1, 0.15) is 11.5 Å². The third kappa shape index (κ3) is 5.71. The van der Waals surface area contributed by atoms with Crippen LogP contribution < -0.4 is 15.5 Å². The van der Waals surface area contributed by atoms with Crippen molar-refractivity contribution in [2.24, 2.45) is 5.92 Å². The first-order valence-corrected chi connectivity index (χ1v) is 11.9. The molecule has 2 aromatic heterocycles. The molecule has 0 unspecified atom stereocenters. The number of hydrogen-bond donors (Lipinski definition) is 3. The SMILES string of the molecule is CC1CCN(c2nc(C(F)(F)F)ccc2CNC(=O)Nc2cccc3[nH]c(C(C)(C)C)cc23)CC1. The van der Waals surface area contributed by atoms with Crippen LogP contribution in [0.25, 0.3) is 10.9 Å². The van der Waals surface area contributed by atoms with Crippen molar-refractivity contribution < 1.29 is 18.0 Å². The number of carbonyl (C=O) groups excluding carboxylic acids is 1. The predicted molar refractivity (Wildman–Crippen MR) is 133 cm³/mol. The molecule has 1 saturated heterocycles. The Hall–Kier alpha value is -3.23. The molecule has 0 spiro atoms. The molecule has 1 aliphatic heterocycles. The number of nitrogens with zero attached hydrogens (tertiary/aromatic N) is 2. The second kappa shape index (κ2) is 9.43. The number of hydrogen-bond acceptors (Lipinski definition) is 3. The number of piperidine rings is 1. The number of aromatic nitrogens is 2. The van der Waals surface area contributed by atoms with Crippen LogP contribution in [0.4, 0.5) is 29.5 Å². The van der Waals surface area contributed by atoms with E-state index in [1.807, 2.05) is 29.2 Å². The minimum Gasteiger partial charge on any atom is -0.358 e. The lowest BCUT2D eigenvalue weighted by Gasteiger charge is -2.33. The van der Waals surface area contributed by atoms with Crippen LogP contribution in [0, 0.1) is 5.92 Å². The molecule has 3 aromatic rings. The van der Waals surface area contributed by atoms with Gasteiger partial charge in [-0.1, -0.05) is 39.8 Å². The van der Waals surface area contributed by atoms with E-state index in [-0.39, 0.29) is 17.8 Å². The number of amides is 2.